The van der Waals surface area contributed by atoms with E-state index in [1.165, 1.54) is 7.11 Å². The van der Waals surface area contributed by atoms with Crippen LogP contribution in [0.4, 0.5) is 0 Å². The standard InChI is InChI=1S/C12H24N2O3/c1-8(2)5-10(7-13)6-11(15)14-9(3)12(16)17-4/h8-10H,5-7,13H2,1-4H3,(H,14,15)/t9?,10-/m0/s1. The molecule has 0 heterocycles. The topological polar surface area (TPSA) is 81.4 Å². The Labute approximate surface area is 103 Å². The Hall–Kier alpha value is -1.10. The summed E-state index contributed by atoms with van der Waals surface area (Å²) in [6.07, 6.45) is 1.27. The molecule has 0 saturated heterocycles. The maximum absolute atomic E-state index is 11.7. The number of esters is 1. The van der Waals surface area contributed by atoms with E-state index < -0.39 is 12.0 Å². The van der Waals surface area contributed by atoms with E-state index >= 15 is 0 Å². The predicted molar refractivity (Wildman–Crippen MR) is 66.2 cm³/mol. The van der Waals surface area contributed by atoms with E-state index in [-0.39, 0.29) is 11.8 Å². The maximum Gasteiger partial charge on any atom is 0.328 e. The molecule has 0 aromatic rings. The lowest BCUT2D eigenvalue weighted by Gasteiger charge is -2.18. The largest absolute Gasteiger partial charge is 0.467 e. The van der Waals surface area contributed by atoms with E-state index in [2.05, 4.69) is 23.9 Å². The van der Waals surface area contributed by atoms with Gasteiger partial charge in [-0.15, -0.1) is 0 Å². The molecule has 100 valence electrons. The molecule has 5 heteroatoms. The van der Waals surface area contributed by atoms with Crippen LogP contribution in [0.5, 0.6) is 0 Å². The molecule has 0 aromatic heterocycles. The third-order valence-electron chi connectivity index (χ3n) is 2.54. The molecule has 5 nitrogen and oxygen atoms in total. The Morgan fingerprint density at radius 3 is 2.29 bits per heavy atom. The van der Waals surface area contributed by atoms with Crippen LogP contribution < -0.4 is 11.1 Å². The summed E-state index contributed by atoms with van der Waals surface area (Å²) >= 11 is 0. The van der Waals surface area contributed by atoms with Gasteiger partial charge in [-0.25, -0.2) is 4.79 Å². The van der Waals surface area contributed by atoms with Crippen LogP contribution >= 0.6 is 0 Å². The van der Waals surface area contributed by atoms with Crippen molar-refractivity contribution in [1.82, 2.24) is 5.32 Å². The molecule has 3 N–H and O–H groups in total. The Kier molecular flexibility index (Phi) is 7.54. The number of methoxy groups -OCH3 is 1. The first-order valence-electron chi connectivity index (χ1n) is 5.97. The summed E-state index contributed by atoms with van der Waals surface area (Å²) in [5.41, 5.74) is 5.61. The van der Waals surface area contributed by atoms with Crippen molar-refractivity contribution in [3.8, 4) is 0 Å². The Balaban J connectivity index is 4.10. The van der Waals surface area contributed by atoms with Crippen molar-refractivity contribution in [2.45, 2.75) is 39.7 Å². The second-order valence-electron chi connectivity index (χ2n) is 4.75. The van der Waals surface area contributed by atoms with Crippen molar-refractivity contribution in [2.24, 2.45) is 17.6 Å². The Bertz CT molecular complexity index is 254. The van der Waals surface area contributed by atoms with Crippen LogP contribution in [0, 0.1) is 11.8 Å². The molecule has 0 saturated carbocycles. The lowest BCUT2D eigenvalue weighted by atomic mass is 9.94. The van der Waals surface area contributed by atoms with Gasteiger partial charge in [0.1, 0.15) is 6.04 Å². The van der Waals surface area contributed by atoms with Crippen LogP contribution in [0.3, 0.4) is 0 Å². The molecular formula is C12H24N2O3. The highest BCUT2D eigenvalue weighted by Gasteiger charge is 2.19. The van der Waals surface area contributed by atoms with Crippen LogP contribution in [0.2, 0.25) is 0 Å². The van der Waals surface area contributed by atoms with Crippen molar-refractivity contribution in [3.05, 3.63) is 0 Å². The third kappa shape index (κ3) is 6.94. The lowest BCUT2D eigenvalue weighted by Crippen LogP contribution is -2.40. The van der Waals surface area contributed by atoms with E-state index in [1.807, 2.05) is 0 Å². The van der Waals surface area contributed by atoms with Crippen LogP contribution in [-0.4, -0.2) is 31.6 Å². The fourth-order valence-electron chi connectivity index (χ4n) is 1.73. The second kappa shape index (κ2) is 8.06. The minimum atomic E-state index is -0.607. The van der Waals surface area contributed by atoms with E-state index in [0.29, 0.717) is 18.9 Å². The molecule has 1 amide bonds. The zero-order valence-corrected chi connectivity index (χ0v) is 11.2. The SMILES string of the molecule is COC(=O)C(C)NC(=O)C[C@@H](CN)CC(C)C. The van der Waals surface area contributed by atoms with Gasteiger partial charge in [-0.2, -0.15) is 0 Å². The summed E-state index contributed by atoms with van der Waals surface area (Å²) in [5.74, 6) is 0.0831. The van der Waals surface area contributed by atoms with Crippen LogP contribution in [0.15, 0.2) is 0 Å². The molecule has 0 aromatic carbocycles. The van der Waals surface area contributed by atoms with Gasteiger partial charge in [0.15, 0.2) is 0 Å². The number of nitrogens with two attached hydrogens (primary N) is 1. The van der Waals surface area contributed by atoms with Crippen molar-refractivity contribution in [3.63, 3.8) is 0 Å². The van der Waals surface area contributed by atoms with Crippen molar-refractivity contribution in [2.75, 3.05) is 13.7 Å². The molecular weight excluding hydrogens is 220 g/mol. The highest BCUT2D eigenvalue weighted by molar-refractivity contribution is 5.84. The van der Waals surface area contributed by atoms with Gasteiger partial charge in [0.2, 0.25) is 5.91 Å². The van der Waals surface area contributed by atoms with E-state index in [4.69, 9.17) is 5.73 Å². The minimum Gasteiger partial charge on any atom is -0.467 e. The van der Waals surface area contributed by atoms with E-state index in [9.17, 15) is 9.59 Å². The van der Waals surface area contributed by atoms with E-state index in [0.717, 1.165) is 6.42 Å². The van der Waals surface area contributed by atoms with Gasteiger partial charge in [0, 0.05) is 6.42 Å². The Morgan fingerprint density at radius 2 is 1.88 bits per heavy atom. The number of amides is 1. The maximum atomic E-state index is 11.7. The molecule has 17 heavy (non-hydrogen) atoms. The first kappa shape index (κ1) is 15.9. The van der Waals surface area contributed by atoms with Crippen LogP contribution in [-0.2, 0) is 14.3 Å². The molecule has 1 unspecified atom stereocenters. The van der Waals surface area contributed by atoms with Gasteiger partial charge < -0.3 is 15.8 Å². The zero-order valence-electron chi connectivity index (χ0n) is 11.2. The molecule has 0 rings (SSSR count). The first-order valence-corrected chi connectivity index (χ1v) is 5.97. The highest BCUT2D eigenvalue weighted by Crippen LogP contribution is 2.14. The van der Waals surface area contributed by atoms with Gasteiger partial charge in [0.25, 0.3) is 0 Å². The molecule has 0 radical (unpaired) electrons. The number of ether oxygens (including phenoxy) is 1. The quantitative estimate of drug-likeness (QED) is 0.645. The van der Waals surface area contributed by atoms with Crippen LogP contribution in [0.1, 0.15) is 33.6 Å². The summed E-state index contributed by atoms with van der Waals surface area (Å²) in [6.45, 7) is 6.27. The smallest absolute Gasteiger partial charge is 0.328 e. The van der Waals surface area contributed by atoms with Gasteiger partial charge in [-0.05, 0) is 31.7 Å². The van der Waals surface area contributed by atoms with Gasteiger partial charge in [0.05, 0.1) is 7.11 Å². The number of rotatable bonds is 7. The summed E-state index contributed by atoms with van der Waals surface area (Å²) < 4.78 is 4.53. The lowest BCUT2D eigenvalue weighted by molar-refractivity contribution is -0.144. The second-order valence-corrected chi connectivity index (χ2v) is 4.75. The van der Waals surface area contributed by atoms with Crippen molar-refractivity contribution < 1.29 is 14.3 Å². The van der Waals surface area contributed by atoms with E-state index in [1.54, 1.807) is 6.92 Å². The number of hydrogen-bond donors (Lipinski definition) is 2. The average molecular weight is 244 g/mol. The zero-order chi connectivity index (χ0) is 13.4. The third-order valence-corrected chi connectivity index (χ3v) is 2.54. The molecule has 0 aliphatic carbocycles. The average Bonchev–Trinajstić information content (AvgIpc) is 2.25. The van der Waals surface area contributed by atoms with Crippen molar-refractivity contribution >= 4 is 11.9 Å². The normalized spacial score (nSPS) is 14.2. The number of nitrogens with one attached hydrogen (secondary N) is 1. The molecule has 2 atom stereocenters. The fourth-order valence-corrected chi connectivity index (χ4v) is 1.73. The summed E-state index contributed by atoms with van der Waals surface area (Å²) in [6, 6.07) is -0.607. The number of carbonyl (C=O) groups is 2. The summed E-state index contributed by atoms with van der Waals surface area (Å²) in [4.78, 5) is 22.8. The number of carbonyl (C=O) groups excluding carboxylic acids is 2. The number of hydrogen-bond acceptors (Lipinski definition) is 4. The van der Waals surface area contributed by atoms with Crippen molar-refractivity contribution in [1.29, 1.82) is 0 Å². The predicted octanol–water partition coefficient (Wildman–Crippen LogP) is 0.675. The molecule has 0 spiro atoms. The fraction of sp³-hybridized carbons (Fsp3) is 0.833. The molecule has 0 bridgehead atoms. The first-order chi connectivity index (χ1) is 7.90. The molecule has 0 aliphatic heterocycles. The van der Waals surface area contributed by atoms with Crippen LogP contribution in [0.25, 0.3) is 0 Å². The molecule has 0 fully saturated rings. The Morgan fingerprint density at radius 1 is 1.29 bits per heavy atom. The van der Waals surface area contributed by atoms with Gasteiger partial charge in [-0.3, -0.25) is 4.79 Å². The monoisotopic (exact) mass is 244 g/mol. The highest BCUT2D eigenvalue weighted by atomic mass is 16.5. The van der Waals surface area contributed by atoms with Gasteiger partial charge >= 0.3 is 5.97 Å². The van der Waals surface area contributed by atoms with Gasteiger partial charge in [-0.1, -0.05) is 13.8 Å². The molecule has 0 aliphatic rings. The minimum absolute atomic E-state index is 0.154. The summed E-state index contributed by atoms with van der Waals surface area (Å²) in [7, 11) is 1.30. The summed E-state index contributed by atoms with van der Waals surface area (Å²) in [5, 5.41) is 2.60.